The number of furan rings is 1. The van der Waals surface area contributed by atoms with Crippen LogP contribution in [0.3, 0.4) is 0 Å². The summed E-state index contributed by atoms with van der Waals surface area (Å²) in [5.41, 5.74) is 6.57. The molecule has 0 aliphatic carbocycles. The Bertz CT molecular complexity index is 842. The van der Waals surface area contributed by atoms with Crippen molar-refractivity contribution in [3.8, 4) is 0 Å². The lowest BCUT2D eigenvalue weighted by Gasteiger charge is -2.08. The zero-order valence-corrected chi connectivity index (χ0v) is 15.0. The number of aryl methyl sites for hydroxylation is 2. The number of benzene rings is 1. The van der Waals surface area contributed by atoms with Crippen molar-refractivity contribution in [2.45, 2.75) is 26.7 Å². The van der Waals surface area contributed by atoms with Crippen molar-refractivity contribution >= 4 is 23.6 Å². The Hall–Kier alpha value is -3.42. The lowest BCUT2D eigenvalue weighted by molar-refractivity contribution is -0.148. The monoisotopic (exact) mass is 372 g/mol. The minimum atomic E-state index is -0.718. The third-order valence-corrected chi connectivity index (χ3v) is 3.67. The lowest BCUT2D eigenvalue weighted by atomic mass is 9.99. The largest absolute Gasteiger partial charge is 0.459 e. The van der Waals surface area contributed by atoms with Crippen LogP contribution in [0.25, 0.3) is 0 Å². The Morgan fingerprint density at radius 2 is 1.81 bits per heavy atom. The number of ether oxygens (including phenoxy) is 1. The number of hydrazine groups is 1. The van der Waals surface area contributed by atoms with Crippen LogP contribution >= 0.6 is 0 Å². The highest BCUT2D eigenvalue weighted by atomic mass is 16.5. The van der Waals surface area contributed by atoms with E-state index < -0.39 is 24.4 Å². The first-order chi connectivity index (χ1) is 12.9. The molecule has 142 valence electrons. The molecule has 0 saturated carbocycles. The summed E-state index contributed by atoms with van der Waals surface area (Å²) < 4.78 is 9.64. The Morgan fingerprint density at radius 1 is 1.04 bits per heavy atom. The Balaban J connectivity index is 1.69. The van der Waals surface area contributed by atoms with Crippen LogP contribution in [-0.2, 0) is 14.3 Å². The Morgan fingerprint density at radius 3 is 2.52 bits per heavy atom. The van der Waals surface area contributed by atoms with E-state index >= 15 is 0 Å². The number of esters is 1. The minimum Gasteiger partial charge on any atom is -0.459 e. The maximum atomic E-state index is 12.2. The van der Waals surface area contributed by atoms with E-state index in [0.29, 0.717) is 5.56 Å². The van der Waals surface area contributed by atoms with Crippen LogP contribution in [0, 0.1) is 13.8 Å². The van der Waals surface area contributed by atoms with Gasteiger partial charge in [-0.15, -0.1) is 0 Å². The molecule has 0 aliphatic rings. The summed E-state index contributed by atoms with van der Waals surface area (Å²) in [6.45, 7) is 3.13. The van der Waals surface area contributed by atoms with Gasteiger partial charge in [0.2, 0.25) is 0 Å². The molecule has 2 rings (SSSR count). The lowest BCUT2D eigenvalue weighted by Crippen LogP contribution is -2.43. The van der Waals surface area contributed by atoms with Crippen molar-refractivity contribution in [3.05, 3.63) is 59.0 Å². The molecule has 1 aromatic carbocycles. The van der Waals surface area contributed by atoms with Crippen LogP contribution in [0.2, 0.25) is 0 Å². The molecule has 0 bridgehead atoms. The molecule has 0 fully saturated rings. The SMILES string of the molecule is Cc1ccc(C)c(C(=O)CCC(=O)OCC(=O)NNC(=O)c2ccco2)c1. The van der Waals surface area contributed by atoms with Crippen molar-refractivity contribution in [1.82, 2.24) is 10.9 Å². The van der Waals surface area contributed by atoms with Gasteiger partial charge in [0.25, 0.3) is 5.91 Å². The first-order valence-corrected chi connectivity index (χ1v) is 8.25. The third-order valence-electron chi connectivity index (χ3n) is 3.67. The molecule has 0 unspecified atom stereocenters. The molecule has 0 saturated heterocycles. The molecule has 1 aromatic heterocycles. The van der Waals surface area contributed by atoms with Crippen LogP contribution in [0.5, 0.6) is 0 Å². The number of Topliss-reactive ketones (excluding diaryl/α,β-unsaturated/α-hetero) is 1. The summed E-state index contributed by atoms with van der Waals surface area (Å²) in [5, 5.41) is 0. The van der Waals surface area contributed by atoms with E-state index in [1.807, 2.05) is 26.0 Å². The number of carbonyl (C=O) groups is 4. The molecule has 8 heteroatoms. The fourth-order valence-corrected chi connectivity index (χ4v) is 2.24. The first-order valence-electron chi connectivity index (χ1n) is 8.25. The first kappa shape index (κ1) is 19.9. The van der Waals surface area contributed by atoms with Crippen LogP contribution < -0.4 is 10.9 Å². The van der Waals surface area contributed by atoms with Gasteiger partial charge < -0.3 is 9.15 Å². The molecule has 2 amide bonds. The molecule has 0 radical (unpaired) electrons. The van der Waals surface area contributed by atoms with Gasteiger partial charge in [0, 0.05) is 12.0 Å². The summed E-state index contributed by atoms with van der Waals surface area (Å²) in [4.78, 5) is 47.0. The van der Waals surface area contributed by atoms with Crippen LogP contribution in [0.4, 0.5) is 0 Å². The molecule has 2 aromatic rings. The molecule has 0 aliphatic heterocycles. The fraction of sp³-hybridized carbons (Fsp3) is 0.263. The zero-order valence-electron chi connectivity index (χ0n) is 15.0. The molecule has 2 N–H and O–H groups in total. The van der Waals surface area contributed by atoms with E-state index in [0.717, 1.165) is 11.1 Å². The van der Waals surface area contributed by atoms with Crippen molar-refractivity contribution in [1.29, 1.82) is 0 Å². The molecule has 8 nitrogen and oxygen atoms in total. The van der Waals surface area contributed by atoms with Gasteiger partial charge >= 0.3 is 11.9 Å². The summed E-state index contributed by atoms with van der Waals surface area (Å²) >= 11 is 0. The van der Waals surface area contributed by atoms with Crippen molar-refractivity contribution in [2.24, 2.45) is 0 Å². The van der Waals surface area contributed by atoms with Crippen LogP contribution in [0.1, 0.15) is 44.9 Å². The van der Waals surface area contributed by atoms with Crippen LogP contribution in [-0.4, -0.2) is 30.2 Å². The van der Waals surface area contributed by atoms with E-state index in [1.165, 1.54) is 18.4 Å². The van der Waals surface area contributed by atoms with Gasteiger partial charge in [-0.25, -0.2) is 0 Å². The van der Waals surface area contributed by atoms with Crippen molar-refractivity contribution in [2.75, 3.05) is 6.61 Å². The van der Waals surface area contributed by atoms with Gasteiger partial charge in [0.1, 0.15) is 0 Å². The molecular formula is C19H20N2O6. The number of nitrogens with one attached hydrogen (secondary N) is 2. The van der Waals surface area contributed by atoms with Gasteiger partial charge in [-0.2, -0.15) is 0 Å². The van der Waals surface area contributed by atoms with E-state index in [2.05, 4.69) is 10.9 Å². The van der Waals surface area contributed by atoms with Crippen molar-refractivity contribution in [3.63, 3.8) is 0 Å². The smallest absolute Gasteiger partial charge is 0.306 e. The molecule has 1 heterocycles. The van der Waals surface area contributed by atoms with E-state index in [4.69, 9.17) is 9.15 Å². The Labute approximate surface area is 155 Å². The average molecular weight is 372 g/mol. The van der Waals surface area contributed by atoms with Gasteiger partial charge in [-0.1, -0.05) is 17.7 Å². The normalized spacial score (nSPS) is 10.1. The second-order valence-corrected chi connectivity index (χ2v) is 5.88. The maximum Gasteiger partial charge on any atom is 0.306 e. The second-order valence-electron chi connectivity index (χ2n) is 5.88. The van der Waals surface area contributed by atoms with E-state index in [-0.39, 0.29) is 24.4 Å². The average Bonchev–Trinajstić information content (AvgIpc) is 3.19. The standard InChI is InChI=1S/C19H20N2O6/c1-12-5-6-13(2)14(10-12)15(22)7-8-18(24)27-11-17(23)20-21-19(25)16-4-3-9-26-16/h3-6,9-10H,7-8,11H2,1-2H3,(H,20,23)(H,21,25). The summed E-state index contributed by atoms with van der Waals surface area (Å²) in [6.07, 6.45) is 1.16. The summed E-state index contributed by atoms with van der Waals surface area (Å²) in [6, 6.07) is 8.48. The number of hydrogen-bond acceptors (Lipinski definition) is 6. The quantitative estimate of drug-likeness (QED) is 0.436. The number of rotatable bonds is 7. The highest BCUT2D eigenvalue weighted by Gasteiger charge is 2.14. The van der Waals surface area contributed by atoms with Gasteiger partial charge in [0.15, 0.2) is 18.2 Å². The molecule has 27 heavy (non-hydrogen) atoms. The zero-order chi connectivity index (χ0) is 19.8. The molecule has 0 spiro atoms. The number of carbonyl (C=O) groups excluding carboxylic acids is 4. The topological polar surface area (TPSA) is 115 Å². The minimum absolute atomic E-state index is 0.0139. The summed E-state index contributed by atoms with van der Waals surface area (Å²) in [7, 11) is 0. The number of amides is 2. The predicted octanol–water partition coefficient (Wildman–Crippen LogP) is 1.86. The van der Waals surface area contributed by atoms with Gasteiger partial charge in [-0.05, 0) is 37.6 Å². The highest BCUT2D eigenvalue weighted by molar-refractivity contribution is 5.99. The number of ketones is 1. The predicted molar refractivity (Wildman–Crippen MR) is 94.8 cm³/mol. The van der Waals surface area contributed by atoms with Crippen LogP contribution in [0.15, 0.2) is 41.0 Å². The summed E-state index contributed by atoms with van der Waals surface area (Å²) in [5.74, 6) is -2.18. The third kappa shape index (κ3) is 6.10. The van der Waals surface area contributed by atoms with Gasteiger partial charge in [0.05, 0.1) is 12.7 Å². The maximum absolute atomic E-state index is 12.2. The van der Waals surface area contributed by atoms with Crippen molar-refractivity contribution < 1.29 is 28.3 Å². The van der Waals surface area contributed by atoms with Gasteiger partial charge in [-0.3, -0.25) is 30.0 Å². The fourth-order valence-electron chi connectivity index (χ4n) is 2.24. The number of hydrogen-bond donors (Lipinski definition) is 2. The Kier molecular flexibility index (Phi) is 6.87. The van der Waals surface area contributed by atoms with E-state index in [1.54, 1.807) is 6.07 Å². The molecular weight excluding hydrogens is 352 g/mol. The van der Waals surface area contributed by atoms with E-state index in [9.17, 15) is 19.2 Å². The highest BCUT2D eigenvalue weighted by Crippen LogP contribution is 2.14. The molecule has 0 atom stereocenters. The second kappa shape index (κ2) is 9.33.